The van der Waals surface area contributed by atoms with Crippen LogP contribution in [0.4, 0.5) is 5.82 Å². The van der Waals surface area contributed by atoms with Gasteiger partial charge in [0.25, 0.3) is 5.91 Å². The molecule has 25 heavy (non-hydrogen) atoms. The predicted octanol–water partition coefficient (Wildman–Crippen LogP) is 2.14. The van der Waals surface area contributed by atoms with Crippen LogP contribution in [0.3, 0.4) is 0 Å². The van der Waals surface area contributed by atoms with Gasteiger partial charge in [0.05, 0.1) is 12.6 Å². The third-order valence-electron chi connectivity index (χ3n) is 4.38. The van der Waals surface area contributed by atoms with Gasteiger partial charge in [-0.05, 0) is 19.1 Å². The maximum Gasteiger partial charge on any atom is 0.273 e. The number of hydrogen-bond donors (Lipinski definition) is 1. The van der Waals surface area contributed by atoms with Crippen molar-refractivity contribution in [2.75, 3.05) is 12.3 Å². The maximum absolute atomic E-state index is 12.8. The minimum Gasteiger partial charge on any atom is -0.384 e. The molecule has 0 aliphatic carbocycles. The van der Waals surface area contributed by atoms with Gasteiger partial charge in [0.2, 0.25) is 0 Å². The first-order chi connectivity index (χ1) is 12.1. The number of anilines is 1. The Morgan fingerprint density at radius 3 is 2.64 bits per heavy atom. The van der Waals surface area contributed by atoms with Crippen molar-refractivity contribution in [3.8, 4) is 11.4 Å². The number of aromatic nitrogens is 4. The predicted molar refractivity (Wildman–Crippen MR) is 93.6 cm³/mol. The molecule has 0 fully saturated rings. The van der Waals surface area contributed by atoms with E-state index in [1.54, 1.807) is 23.1 Å². The molecule has 1 aliphatic heterocycles. The van der Waals surface area contributed by atoms with Crippen molar-refractivity contribution in [1.82, 2.24) is 24.6 Å². The molecule has 1 aromatic carbocycles. The number of hydrogen-bond acceptors (Lipinski definition) is 5. The molecule has 3 aromatic rings. The summed E-state index contributed by atoms with van der Waals surface area (Å²) in [5.41, 5.74) is 7.01. The second kappa shape index (κ2) is 6.01. The van der Waals surface area contributed by atoms with Crippen LogP contribution in [0, 0.1) is 0 Å². The van der Waals surface area contributed by atoms with E-state index in [0.29, 0.717) is 30.4 Å². The summed E-state index contributed by atoms with van der Waals surface area (Å²) >= 11 is 0. The van der Waals surface area contributed by atoms with Gasteiger partial charge >= 0.3 is 0 Å². The molecule has 7 nitrogen and oxygen atoms in total. The monoisotopic (exact) mass is 334 g/mol. The Kier molecular flexibility index (Phi) is 3.68. The highest BCUT2D eigenvalue weighted by Gasteiger charge is 2.31. The minimum atomic E-state index is -0.186. The van der Waals surface area contributed by atoms with E-state index in [-0.39, 0.29) is 11.9 Å². The highest BCUT2D eigenvalue weighted by atomic mass is 16.2. The van der Waals surface area contributed by atoms with Crippen LogP contribution < -0.4 is 5.73 Å². The van der Waals surface area contributed by atoms with Gasteiger partial charge in [0.15, 0.2) is 5.82 Å². The summed E-state index contributed by atoms with van der Waals surface area (Å²) < 4.78 is 1.88. The summed E-state index contributed by atoms with van der Waals surface area (Å²) in [5, 5.41) is 4.58. The van der Waals surface area contributed by atoms with Crippen molar-refractivity contribution < 1.29 is 4.79 Å². The van der Waals surface area contributed by atoms with Crippen molar-refractivity contribution in [3.05, 3.63) is 60.0 Å². The highest BCUT2D eigenvalue weighted by Crippen LogP contribution is 2.27. The van der Waals surface area contributed by atoms with Crippen molar-refractivity contribution in [2.45, 2.75) is 19.5 Å². The smallest absolute Gasteiger partial charge is 0.273 e. The highest BCUT2D eigenvalue weighted by molar-refractivity contribution is 5.93. The van der Waals surface area contributed by atoms with E-state index in [0.717, 1.165) is 11.4 Å². The van der Waals surface area contributed by atoms with E-state index in [2.05, 4.69) is 15.1 Å². The fourth-order valence-electron chi connectivity index (χ4n) is 3.07. The summed E-state index contributed by atoms with van der Waals surface area (Å²) in [6.45, 7) is 3.12. The van der Waals surface area contributed by atoms with Crippen LogP contribution in [-0.2, 0) is 6.54 Å². The molecule has 0 bridgehead atoms. The normalized spacial score (nSPS) is 16.5. The third-order valence-corrected chi connectivity index (χ3v) is 4.38. The van der Waals surface area contributed by atoms with Gasteiger partial charge in [-0.3, -0.25) is 4.79 Å². The Labute approximate surface area is 145 Å². The fraction of sp³-hybridized carbons (Fsp3) is 0.222. The summed E-state index contributed by atoms with van der Waals surface area (Å²) in [7, 11) is 0. The lowest BCUT2D eigenvalue weighted by molar-refractivity contribution is 0.0625. The molecule has 0 saturated carbocycles. The third kappa shape index (κ3) is 2.73. The van der Waals surface area contributed by atoms with E-state index in [1.807, 2.05) is 41.9 Å². The fourth-order valence-corrected chi connectivity index (χ4v) is 3.07. The Morgan fingerprint density at radius 1 is 1.08 bits per heavy atom. The van der Waals surface area contributed by atoms with Crippen molar-refractivity contribution >= 4 is 11.7 Å². The van der Waals surface area contributed by atoms with Gasteiger partial charge in [0, 0.05) is 12.1 Å². The standard InChI is InChI=1S/C18H18N6O/c1-12-17-21-16(13-6-3-2-4-7-13)22-24(17)11-10-23(12)18(25)14-8-5-9-15(19)20-14/h2-9,12H,10-11H2,1H3,(H2,19,20)/t12-/m0/s1. The topological polar surface area (TPSA) is 89.9 Å². The zero-order valence-electron chi connectivity index (χ0n) is 13.8. The lowest BCUT2D eigenvalue weighted by atomic mass is 10.2. The van der Waals surface area contributed by atoms with Gasteiger partial charge in [0.1, 0.15) is 17.3 Å². The quantitative estimate of drug-likeness (QED) is 0.775. The molecule has 1 aliphatic rings. The van der Waals surface area contributed by atoms with Gasteiger partial charge in [-0.25, -0.2) is 14.6 Å². The first kappa shape index (κ1) is 15.3. The number of benzene rings is 1. The molecule has 0 spiro atoms. The Balaban J connectivity index is 1.64. The molecular weight excluding hydrogens is 316 g/mol. The molecule has 2 N–H and O–H groups in total. The first-order valence-corrected chi connectivity index (χ1v) is 8.17. The molecule has 1 atom stereocenters. The number of pyridine rings is 1. The van der Waals surface area contributed by atoms with E-state index in [9.17, 15) is 4.79 Å². The number of carbonyl (C=O) groups excluding carboxylic acids is 1. The Morgan fingerprint density at radius 2 is 1.88 bits per heavy atom. The summed E-state index contributed by atoms with van der Waals surface area (Å²) in [6, 6.07) is 14.7. The van der Waals surface area contributed by atoms with Crippen molar-refractivity contribution in [1.29, 1.82) is 0 Å². The average molecular weight is 334 g/mol. The number of carbonyl (C=O) groups is 1. The summed E-state index contributed by atoms with van der Waals surface area (Å²) in [4.78, 5) is 23.4. The summed E-state index contributed by atoms with van der Waals surface area (Å²) in [6.07, 6.45) is 0. The van der Waals surface area contributed by atoms with Crippen LogP contribution in [0.15, 0.2) is 48.5 Å². The SMILES string of the molecule is C[C@H]1c2nc(-c3ccccc3)nn2CCN1C(=O)c1cccc(N)n1. The minimum absolute atomic E-state index is 0.143. The average Bonchev–Trinajstić information content (AvgIpc) is 3.08. The molecule has 3 heterocycles. The van der Waals surface area contributed by atoms with Gasteiger partial charge < -0.3 is 10.6 Å². The maximum atomic E-state index is 12.8. The second-order valence-electron chi connectivity index (χ2n) is 6.00. The molecule has 4 rings (SSSR count). The van der Waals surface area contributed by atoms with E-state index < -0.39 is 0 Å². The molecule has 0 saturated heterocycles. The van der Waals surface area contributed by atoms with Crippen LogP contribution in [0.2, 0.25) is 0 Å². The largest absolute Gasteiger partial charge is 0.384 e. The van der Waals surface area contributed by atoms with Gasteiger partial charge in [-0.1, -0.05) is 36.4 Å². The molecule has 126 valence electrons. The zero-order valence-corrected chi connectivity index (χ0v) is 13.8. The number of amides is 1. The zero-order chi connectivity index (χ0) is 17.4. The van der Waals surface area contributed by atoms with E-state index in [4.69, 9.17) is 5.73 Å². The number of rotatable bonds is 2. The Hall–Kier alpha value is -3.22. The molecule has 1 amide bonds. The molecule has 0 unspecified atom stereocenters. The van der Waals surface area contributed by atoms with Gasteiger partial charge in [-0.15, -0.1) is 0 Å². The van der Waals surface area contributed by atoms with Gasteiger partial charge in [-0.2, -0.15) is 5.10 Å². The number of nitrogens with two attached hydrogens (primary N) is 1. The van der Waals surface area contributed by atoms with Crippen LogP contribution >= 0.6 is 0 Å². The molecule has 0 radical (unpaired) electrons. The molecule has 2 aromatic heterocycles. The van der Waals surface area contributed by atoms with Crippen LogP contribution in [0.25, 0.3) is 11.4 Å². The summed E-state index contributed by atoms with van der Waals surface area (Å²) in [5.74, 6) is 1.65. The van der Waals surface area contributed by atoms with E-state index >= 15 is 0 Å². The number of fused-ring (bicyclic) bond motifs is 1. The van der Waals surface area contributed by atoms with Crippen LogP contribution in [0.5, 0.6) is 0 Å². The number of nitrogen functional groups attached to an aromatic ring is 1. The lowest BCUT2D eigenvalue weighted by Crippen LogP contribution is -2.41. The van der Waals surface area contributed by atoms with Crippen molar-refractivity contribution in [2.24, 2.45) is 0 Å². The lowest BCUT2D eigenvalue weighted by Gasteiger charge is -2.32. The number of nitrogens with zero attached hydrogens (tertiary/aromatic N) is 5. The van der Waals surface area contributed by atoms with Crippen LogP contribution in [-0.4, -0.2) is 37.1 Å². The Bertz CT molecular complexity index is 920. The van der Waals surface area contributed by atoms with Crippen molar-refractivity contribution in [3.63, 3.8) is 0 Å². The van der Waals surface area contributed by atoms with Crippen LogP contribution in [0.1, 0.15) is 29.3 Å². The molecule has 7 heteroatoms. The second-order valence-corrected chi connectivity index (χ2v) is 6.00. The van der Waals surface area contributed by atoms with E-state index in [1.165, 1.54) is 0 Å². The first-order valence-electron chi connectivity index (χ1n) is 8.17. The molecular formula is C18H18N6O.